The standard InChI is InChI=1S/C30H31ClF5NO5/c1-26-6-5-17(39)9-21(26)23(32)10-19-18-8-16-13-37(12-15-3-4-22(31)20(7-15)30(34,35)36)42-29(16,25(41)14-38)27(18,2)11-24(40)28(19,26)33/h3-7,16,18-19,24,38,40H,8-14H2,1-2H3/t16-,18-,19-,24-,26-,27-,28-,29-/m0/s1. The van der Waals surface area contributed by atoms with E-state index in [-0.39, 0.29) is 55.7 Å². The molecule has 2 saturated carbocycles. The Morgan fingerprint density at radius 2 is 1.95 bits per heavy atom. The Balaban J connectivity index is 1.37. The number of rotatable bonds is 4. The van der Waals surface area contributed by atoms with Gasteiger partial charge in [0, 0.05) is 48.6 Å². The average Bonchev–Trinajstić information content (AvgIpc) is 3.39. The minimum absolute atomic E-state index is 0.0272. The first-order chi connectivity index (χ1) is 19.5. The molecule has 4 aliphatic carbocycles. The molecular weight excluding hydrogens is 585 g/mol. The molecule has 5 aliphatic rings. The number of hydroxylamine groups is 2. The number of Topliss-reactive ketones (excluding diaryl/α,β-unsaturated/α-hetero) is 1. The Morgan fingerprint density at radius 1 is 1.24 bits per heavy atom. The first-order valence-electron chi connectivity index (χ1n) is 13.9. The number of fused-ring (bicyclic) bond motifs is 7. The molecule has 1 aromatic carbocycles. The lowest BCUT2D eigenvalue weighted by molar-refractivity contribution is -0.267. The molecule has 42 heavy (non-hydrogen) atoms. The van der Waals surface area contributed by atoms with Crippen LogP contribution in [0.4, 0.5) is 22.0 Å². The van der Waals surface area contributed by atoms with Gasteiger partial charge in [-0.3, -0.25) is 14.4 Å². The van der Waals surface area contributed by atoms with Crippen LogP contribution in [0, 0.1) is 28.6 Å². The molecule has 12 heteroatoms. The van der Waals surface area contributed by atoms with Crippen LogP contribution in [0.5, 0.6) is 0 Å². The maximum absolute atomic E-state index is 17.5. The van der Waals surface area contributed by atoms with Crippen LogP contribution in [0.1, 0.15) is 50.7 Å². The highest BCUT2D eigenvalue weighted by molar-refractivity contribution is 6.31. The van der Waals surface area contributed by atoms with E-state index in [1.807, 2.05) is 0 Å². The summed E-state index contributed by atoms with van der Waals surface area (Å²) in [5.41, 5.74) is -7.62. The average molecular weight is 616 g/mol. The Labute approximate surface area is 244 Å². The SMILES string of the molecule is C[C@]12C=CC(=O)CC1=C(F)C[C@H]1[C@@H]3C[C@H]4CN(Cc5ccc(Cl)c(C(F)(F)F)c5)O[C@@]4(C(=O)CO)[C@@]3(C)C[C@H](O)[C@@]12F. The smallest absolute Gasteiger partial charge is 0.390 e. The van der Waals surface area contributed by atoms with Crippen LogP contribution in [0.3, 0.4) is 0 Å². The maximum atomic E-state index is 17.5. The maximum Gasteiger partial charge on any atom is 0.417 e. The monoisotopic (exact) mass is 615 g/mol. The van der Waals surface area contributed by atoms with Crippen molar-refractivity contribution in [3.63, 3.8) is 0 Å². The van der Waals surface area contributed by atoms with Crippen LogP contribution in [-0.2, 0) is 27.1 Å². The molecule has 1 aromatic rings. The van der Waals surface area contributed by atoms with E-state index in [2.05, 4.69) is 0 Å². The number of aliphatic hydroxyl groups is 2. The van der Waals surface area contributed by atoms with E-state index >= 15 is 8.78 Å². The second kappa shape index (κ2) is 9.41. The molecule has 0 spiro atoms. The van der Waals surface area contributed by atoms with E-state index in [9.17, 15) is 33.0 Å². The van der Waals surface area contributed by atoms with E-state index in [0.29, 0.717) is 0 Å². The molecule has 0 bridgehead atoms. The molecule has 6 nitrogen and oxygen atoms in total. The van der Waals surface area contributed by atoms with Crippen molar-refractivity contribution >= 4 is 23.2 Å². The van der Waals surface area contributed by atoms with Gasteiger partial charge in [-0.1, -0.05) is 30.7 Å². The number of ketones is 2. The molecule has 2 N–H and O–H groups in total. The molecule has 0 unspecified atom stereocenters. The molecule has 1 saturated heterocycles. The lowest BCUT2D eigenvalue weighted by Gasteiger charge is -2.62. The quantitative estimate of drug-likeness (QED) is 0.447. The highest BCUT2D eigenvalue weighted by Gasteiger charge is 2.79. The fourth-order valence-corrected chi connectivity index (χ4v) is 9.32. The molecule has 228 valence electrons. The van der Waals surface area contributed by atoms with Gasteiger partial charge in [0.15, 0.2) is 22.8 Å². The third-order valence-electron chi connectivity index (χ3n) is 11.0. The van der Waals surface area contributed by atoms with Gasteiger partial charge in [-0.2, -0.15) is 18.2 Å². The number of hydrogen-bond donors (Lipinski definition) is 2. The van der Waals surface area contributed by atoms with Crippen molar-refractivity contribution in [2.75, 3.05) is 13.2 Å². The van der Waals surface area contributed by atoms with Crippen molar-refractivity contribution in [2.45, 2.75) is 69.6 Å². The third kappa shape index (κ3) is 3.76. The Bertz CT molecular complexity index is 1430. The summed E-state index contributed by atoms with van der Waals surface area (Å²) < 4.78 is 73.5. The number of nitrogens with zero attached hydrogens (tertiary/aromatic N) is 1. The molecule has 0 amide bonds. The van der Waals surface area contributed by atoms with Gasteiger partial charge in [0.2, 0.25) is 0 Å². The van der Waals surface area contributed by atoms with Crippen LogP contribution in [0.15, 0.2) is 41.8 Å². The van der Waals surface area contributed by atoms with Crippen molar-refractivity contribution in [1.82, 2.24) is 5.06 Å². The Morgan fingerprint density at radius 3 is 2.62 bits per heavy atom. The highest BCUT2D eigenvalue weighted by atomic mass is 35.5. The number of alkyl halides is 4. The first-order valence-corrected chi connectivity index (χ1v) is 14.3. The second-order valence-corrected chi connectivity index (χ2v) is 13.3. The summed E-state index contributed by atoms with van der Waals surface area (Å²) in [6.45, 7) is 2.22. The summed E-state index contributed by atoms with van der Waals surface area (Å²) in [6.07, 6.45) is -4.45. The normalized spacial score (nSPS) is 41.4. The first kappa shape index (κ1) is 29.9. The van der Waals surface area contributed by atoms with Gasteiger partial charge in [0.1, 0.15) is 12.4 Å². The van der Waals surface area contributed by atoms with Gasteiger partial charge in [-0.15, -0.1) is 0 Å². The largest absolute Gasteiger partial charge is 0.417 e. The van der Waals surface area contributed by atoms with Crippen molar-refractivity contribution < 1.29 is 46.6 Å². The van der Waals surface area contributed by atoms with Gasteiger partial charge in [-0.25, -0.2) is 8.78 Å². The summed E-state index contributed by atoms with van der Waals surface area (Å²) in [4.78, 5) is 32.0. The van der Waals surface area contributed by atoms with Crippen LogP contribution in [-0.4, -0.2) is 57.4 Å². The predicted octanol–water partition coefficient (Wildman–Crippen LogP) is 5.30. The molecular formula is C30H31ClF5NO5. The Kier molecular flexibility index (Phi) is 6.69. The minimum Gasteiger partial charge on any atom is -0.390 e. The molecule has 1 heterocycles. The van der Waals surface area contributed by atoms with E-state index in [1.165, 1.54) is 30.2 Å². The Hall–Kier alpha value is -2.18. The number of carbonyl (C=O) groups is 2. The lowest BCUT2D eigenvalue weighted by atomic mass is 9.45. The fourth-order valence-electron chi connectivity index (χ4n) is 9.10. The fraction of sp³-hybridized carbons (Fsp3) is 0.600. The summed E-state index contributed by atoms with van der Waals surface area (Å²) in [7, 11) is 0. The highest BCUT2D eigenvalue weighted by Crippen LogP contribution is 2.72. The number of hydrogen-bond acceptors (Lipinski definition) is 6. The zero-order valence-electron chi connectivity index (χ0n) is 23.0. The molecule has 0 aromatic heterocycles. The zero-order chi connectivity index (χ0) is 30.6. The number of allylic oxidation sites excluding steroid dienone is 4. The number of benzene rings is 1. The van der Waals surface area contributed by atoms with E-state index in [0.717, 1.165) is 12.1 Å². The number of aliphatic hydroxyl groups excluding tert-OH is 2. The van der Waals surface area contributed by atoms with Gasteiger partial charge in [0.05, 0.1) is 16.7 Å². The predicted molar refractivity (Wildman–Crippen MR) is 140 cm³/mol. The van der Waals surface area contributed by atoms with E-state index < -0.39 is 80.9 Å². The summed E-state index contributed by atoms with van der Waals surface area (Å²) in [5.74, 6) is -3.96. The minimum atomic E-state index is -4.68. The molecule has 1 aliphatic heterocycles. The zero-order valence-corrected chi connectivity index (χ0v) is 23.7. The molecule has 0 radical (unpaired) electrons. The topological polar surface area (TPSA) is 87.1 Å². The number of halogens is 6. The van der Waals surface area contributed by atoms with Crippen LogP contribution >= 0.6 is 11.6 Å². The number of carbonyl (C=O) groups excluding carboxylic acids is 2. The molecule has 6 rings (SSSR count). The van der Waals surface area contributed by atoms with E-state index in [4.69, 9.17) is 16.4 Å². The van der Waals surface area contributed by atoms with Crippen molar-refractivity contribution in [2.24, 2.45) is 28.6 Å². The van der Waals surface area contributed by atoms with Crippen LogP contribution in [0.2, 0.25) is 5.02 Å². The lowest BCUT2D eigenvalue weighted by Crippen LogP contribution is -2.69. The van der Waals surface area contributed by atoms with Gasteiger partial charge in [-0.05, 0) is 55.0 Å². The van der Waals surface area contributed by atoms with Gasteiger partial charge >= 0.3 is 6.18 Å². The van der Waals surface area contributed by atoms with Crippen molar-refractivity contribution in [1.29, 1.82) is 0 Å². The van der Waals surface area contributed by atoms with Gasteiger partial charge < -0.3 is 10.2 Å². The van der Waals surface area contributed by atoms with Gasteiger partial charge in [0.25, 0.3) is 0 Å². The summed E-state index contributed by atoms with van der Waals surface area (Å²) in [6, 6.07) is 3.46. The summed E-state index contributed by atoms with van der Waals surface area (Å²) >= 11 is 5.76. The summed E-state index contributed by atoms with van der Waals surface area (Å²) in [5, 5.41) is 22.5. The van der Waals surface area contributed by atoms with Crippen LogP contribution < -0.4 is 0 Å². The van der Waals surface area contributed by atoms with E-state index in [1.54, 1.807) is 6.92 Å². The third-order valence-corrected chi connectivity index (χ3v) is 11.3. The second-order valence-electron chi connectivity index (χ2n) is 12.9. The van der Waals surface area contributed by atoms with Crippen molar-refractivity contribution in [3.05, 3.63) is 57.9 Å². The molecule has 3 fully saturated rings. The van der Waals surface area contributed by atoms with Crippen LogP contribution in [0.25, 0.3) is 0 Å². The molecule has 8 atom stereocenters. The van der Waals surface area contributed by atoms with Crippen molar-refractivity contribution in [3.8, 4) is 0 Å².